The summed E-state index contributed by atoms with van der Waals surface area (Å²) in [6, 6.07) is 8.95. The summed E-state index contributed by atoms with van der Waals surface area (Å²) in [6.07, 6.45) is 1.92. The molecule has 2 rings (SSSR count). The van der Waals surface area contributed by atoms with E-state index in [0.29, 0.717) is 5.56 Å². The van der Waals surface area contributed by atoms with E-state index in [2.05, 4.69) is 5.32 Å². The molecule has 1 aromatic rings. The number of Topliss-reactive ketones (excluding diaryl/α,β-unsaturated/α-hetero) is 1. The van der Waals surface area contributed by atoms with Crippen molar-refractivity contribution in [3.8, 4) is 0 Å². The van der Waals surface area contributed by atoms with Gasteiger partial charge in [-0.2, -0.15) is 0 Å². The van der Waals surface area contributed by atoms with Crippen LogP contribution in [0.3, 0.4) is 0 Å². The van der Waals surface area contributed by atoms with Crippen LogP contribution in [0.15, 0.2) is 30.3 Å². The minimum absolute atomic E-state index is 0.0423. The van der Waals surface area contributed by atoms with Gasteiger partial charge in [-0.1, -0.05) is 30.3 Å². The van der Waals surface area contributed by atoms with Gasteiger partial charge in [0.05, 0.1) is 12.6 Å². The normalized spacial score (nSPS) is 19.7. The van der Waals surface area contributed by atoms with Gasteiger partial charge in [0.1, 0.15) is 0 Å². The minimum Gasteiger partial charge on any atom is -0.347 e. The number of amides is 1. The van der Waals surface area contributed by atoms with Gasteiger partial charge in [-0.15, -0.1) is 0 Å². The van der Waals surface area contributed by atoms with Gasteiger partial charge in [-0.3, -0.25) is 14.5 Å². The van der Waals surface area contributed by atoms with E-state index >= 15 is 0 Å². The molecule has 0 aliphatic carbocycles. The van der Waals surface area contributed by atoms with Crippen molar-refractivity contribution in [2.45, 2.75) is 18.9 Å². The lowest BCUT2D eigenvalue weighted by atomic mass is 10.1. The summed E-state index contributed by atoms with van der Waals surface area (Å²) in [4.78, 5) is 25.7. The van der Waals surface area contributed by atoms with Gasteiger partial charge in [-0.25, -0.2) is 0 Å². The van der Waals surface area contributed by atoms with E-state index in [1.54, 1.807) is 12.1 Å². The van der Waals surface area contributed by atoms with E-state index < -0.39 is 0 Å². The van der Waals surface area contributed by atoms with E-state index in [9.17, 15) is 9.59 Å². The lowest BCUT2D eigenvalue weighted by Crippen LogP contribution is -2.43. The number of carbonyl (C=O) groups is 2. The third kappa shape index (κ3) is 2.96. The number of nitrogens with zero attached hydrogens (tertiary/aromatic N) is 1. The number of hydrogen-bond acceptors (Lipinski definition) is 3. The Bertz CT molecular complexity index is 431. The molecule has 4 heteroatoms. The van der Waals surface area contributed by atoms with Crippen LogP contribution in [0.25, 0.3) is 0 Å². The quantitative estimate of drug-likeness (QED) is 0.809. The zero-order chi connectivity index (χ0) is 13.0. The number of ketones is 1. The molecule has 1 atom stereocenters. The van der Waals surface area contributed by atoms with Gasteiger partial charge in [-0.05, 0) is 26.4 Å². The molecule has 1 fully saturated rings. The van der Waals surface area contributed by atoms with Crippen molar-refractivity contribution in [1.29, 1.82) is 0 Å². The molecule has 1 aromatic carbocycles. The summed E-state index contributed by atoms with van der Waals surface area (Å²) >= 11 is 0. The average molecular weight is 246 g/mol. The monoisotopic (exact) mass is 246 g/mol. The highest BCUT2D eigenvalue weighted by Crippen LogP contribution is 2.14. The number of likely N-dealkylation sites (N-methyl/N-ethyl adjacent to an activating group) is 1. The molecule has 1 saturated heterocycles. The summed E-state index contributed by atoms with van der Waals surface area (Å²) in [5.74, 6) is -0.0936. The standard InChI is InChI=1S/C14H18N2O2/c1-16-9-5-8-12(16)14(18)15-10-13(17)11-6-3-2-4-7-11/h2-4,6-7,12H,5,8-10H2,1H3,(H,15,18)/t12-/m0/s1. The molecule has 1 aliphatic heterocycles. The van der Waals surface area contributed by atoms with Crippen molar-refractivity contribution >= 4 is 11.7 Å². The van der Waals surface area contributed by atoms with Crippen LogP contribution in [0.1, 0.15) is 23.2 Å². The molecular formula is C14H18N2O2. The van der Waals surface area contributed by atoms with E-state index in [-0.39, 0.29) is 24.3 Å². The highest BCUT2D eigenvalue weighted by Gasteiger charge is 2.27. The Morgan fingerprint density at radius 1 is 1.33 bits per heavy atom. The van der Waals surface area contributed by atoms with Crippen molar-refractivity contribution < 1.29 is 9.59 Å². The van der Waals surface area contributed by atoms with Crippen LogP contribution >= 0.6 is 0 Å². The molecule has 0 saturated carbocycles. The third-order valence-corrected chi connectivity index (χ3v) is 3.34. The smallest absolute Gasteiger partial charge is 0.237 e. The zero-order valence-electron chi connectivity index (χ0n) is 10.6. The van der Waals surface area contributed by atoms with Gasteiger partial charge in [0, 0.05) is 5.56 Å². The summed E-state index contributed by atoms with van der Waals surface area (Å²) in [6.45, 7) is 1.03. The summed E-state index contributed by atoms with van der Waals surface area (Å²) in [7, 11) is 1.94. The fraction of sp³-hybridized carbons (Fsp3) is 0.429. The fourth-order valence-corrected chi connectivity index (χ4v) is 2.25. The SMILES string of the molecule is CN1CCC[C@H]1C(=O)NCC(=O)c1ccccc1. The number of rotatable bonds is 4. The second-order valence-corrected chi connectivity index (χ2v) is 4.65. The largest absolute Gasteiger partial charge is 0.347 e. The molecule has 1 heterocycles. The topological polar surface area (TPSA) is 49.4 Å². The lowest BCUT2D eigenvalue weighted by Gasteiger charge is -2.18. The highest BCUT2D eigenvalue weighted by molar-refractivity contribution is 5.99. The van der Waals surface area contributed by atoms with Crippen LogP contribution in [0, 0.1) is 0 Å². The van der Waals surface area contributed by atoms with Gasteiger partial charge in [0.2, 0.25) is 5.91 Å². The second-order valence-electron chi connectivity index (χ2n) is 4.65. The average Bonchev–Trinajstić information content (AvgIpc) is 2.83. The molecule has 1 amide bonds. The maximum absolute atomic E-state index is 11.9. The van der Waals surface area contributed by atoms with Crippen molar-refractivity contribution in [1.82, 2.24) is 10.2 Å². The number of hydrogen-bond donors (Lipinski definition) is 1. The lowest BCUT2D eigenvalue weighted by molar-refractivity contribution is -0.124. The highest BCUT2D eigenvalue weighted by atomic mass is 16.2. The van der Waals surface area contributed by atoms with Crippen molar-refractivity contribution in [2.24, 2.45) is 0 Å². The molecule has 0 spiro atoms. The predicted molar refractivity (Wildman–Crippen MR) is 69.4 cm³/mol. The van der Waals surface area contributed by atoms with Crippen LogP contribution in [0.5, 0.6) is 0 Å². The Hall–Kier alpha value is -1.68. The maximum atomic E-state index is 11.9. The molecule has 0 unspecified atom stereocenters. The minimum atomic E-state index is -0.0754. The molecule has 96 valence electrons. The van der Waals surface area contributed by atoms with Crippen LogP contribution in [-0.4, -0.2) is 42.8 Å². The van der Waals surface area contributed by atoms with Crippen molar-refractivity contribution in [3.05, 3.63) is 35.9 Å². The number of carbonyl (C=O) groups excluding carboxylic acids is 2. The Morgan fingerprint density at radius 3 is 2.67 bits per heavy atom. The first-order valence-electron chi connectivity index (χ1n) is 6.24. The van der Waals surface area contributed by atoms with Crippen LogP contribution in [0.2, 0.25) is 0 Å². The first kappa shape index (κ1) is 12.8. The van der Waals surface area contributed by atoms with Crippen LogP contribution < -0.4 is 5.32 Å². The number of nitrogens with one attached hydrogen (secondary N) is 1. The molecule has 4 nitrogen and oxygen atoms in total. The van der Waals surface area contributed by atoms with E-state index in [4.69, 9.17) is 0 Å². The van der Waals surface area contributed by atoms with E-state index in [1.807, 2.05) is 30.1 Å². The molecule has 18 heavy (non-hydrogen) atoms. The molecule has 1 aliphatic rings. The van der Waals surface area contributed by atoms with Crippen molar-refractivity contribution in [2.75, 3.05) is 20.1 Å². The molecule has 0 radical (unpaired) electrons. The van der Waals surface area contributed by atoms with Gasteiger partial charge in [0.25, 0.3) is 0 Å². The van der Waals surface area contributed by atoms with E-state index in [1.165, 1.54) is 0 Å². The van der Waals surface area contributed by atoms with Gasteiger partial charge >= 0.3 is 0 Å². The Kier molecular flexibility index (Phi) is 4.10. The Balaban J connectivity index is 1.85. The molecule has 1 N–H and O–H groups in total. The third-order valence-electron chi connectivity index (χ3n) is 3.34. The Morgan fingerprint density at radius 2 is 2.06 bits per heavy atom. The Labute approximate surface area is 107 Å². The van der Waals surface area contributed by atoms with Crippen LogP contribution in [0.4, 0.5) is 0 Å². The molecule has 0 bridgehead atoms. The van der Waals surface area contributed by atoms with Crippen LogP contribution in [-0.2, 0) is 4.79 Å². The first-order chi connectivity index (χ1) is 8.68. The second kappa shape index (κ2) is 5.78. The van der Waals surface area contributed by atoms with E-state index in [0.717, 1.165) is 19.4 Å². The summed E-state index contributed by atoms with van der Waals surface area (Å²) in [5, 5.41) is 2.72. The van der Waals surface area contributed by atoms with Gasteiger partial charge in [0.15, 0.2) is 5.78 Å². The number of likely N-dealkylation sites (tertiary alicyclic amines) is 1. The predicted octanol–water partition coefficient (Wildman–Crippen LogP) is 1.08. The molecular weight excluding hydrogens is 228 g/mol. The number of benzene rings is 1. The zero-order valence-corrected chi connectivity index (χ0v) is 10.6. The summed E-state index contributed by atoms with van der Waals surface area (Å²) in [5.41, 5.74) is 0.637. The molecule has 0 aromatic heterocycles. The van der Waals surface area contributed by atoms with Gasteiger partial charge < -0.3 is 5.32 Å². The van der Waals surface area contributed by atoms with Crippen molar-refractivity contribution in [3.63, 3.8) is 0 Å². The maximum Gasteiger partial charge on any atom is 0.237 e. The first-order valence-corrected chi connectivity index (χ1v) is 6.24. The fourth-order valence-electron chi connectivity index (χ4n) is 2.25. The summed E-state index contributed by atoms with van der Waals surface area (Å²) < 4.78 is 0.